The van der Waals surface area contributed by atoms with Gasteiger partial charge in [0.1, 0.15) is 5.60 Å². The molecule has 0 saturated carbocycles. The SMILES string of the molecule is Cc1cc(CCCCC(C)(C)C)cc(CCCCC(C)(C)OC=O)c1C. The molecule has 0 bridgehead atoms. The molecule has 0 fully saturated rings. The minimum absolute atomic E-state index is 0.346. The quantitative estimate of drug-likeness (QED) is 0.323. The van der Waals surface area contributed by atoms with Crippen LogP contribution in [0.1, 0.15) is 95.4 Å². The van der Waals surface area contributed by atoms with Crippen molar-refractivity contribution in [2.75, 3.05) is 0 Å². The van der Waals surface area contributed by atoms with Gasteiger partial charge < -0.3 is 4.74 Å². The highest BCUT2D eigenvalue weighted by atomic mass is 16.5. The molecule has 0 aromatic heterocycles. The standard InChI is InChI=1S/C24H40O2/c1-19-16-21(12-8-10-14-23(3,4)5)17-22(20(19)2)13-9-11-15-24(6,7)26-18-25/h16-18H,8-15H2,1-7H3. The second-order valence-corrected chi connectivity index (χ2v) is 9.65. The molecule has 0 spiro atoms. The maximum atomic E-state index is 10.5. The van der Waals surface area contributed by atoms with Crippen LogP contribution < -0.4 is 0 Å². The van der Waals surface area contributed by atoms with Gasteiger partial charge in [0.15, 0.2) is 0 Å². The summed E-state index contributed by atoms with van der Waals surface area (Å²) in [5, 5.41) is 0. The van der Waals surface area contributed by atoms with Crippen LogP contribution >= 0.6 is 0 Å². The Hall–Kier alpha value is -1.31. The van der Waals surface area contributed by atoms with Crippen LogP contribution in [-0.2, 0) is 22.4 Å². The van der Waals surface area contributed by atoms with E-state index in [9.17, 15) is 4.79 Å². The molecule has 1 rings (SSSR count). The maximum absolute atomic E-state index is 10.5. The fourth-order valence-corrected chi connectivity index (χ4v) is 3.46. The van der Waals surface area contributed by atoms with E-state index in [-0.39, 0.29) is 5.60 Å². The minimum Gasteiger partial charge on any atom is -0.462 e. The molecule has 0 amide bonds. The van der Waals surface area contributed by atoms with Gasteiger partial charge in [-0.1, -0.05) is 39.3 Å². The van der Waals surface area contributed by atoms with Crippen molar-refractivity contribution in [2.45, 2.75) is 105 Å². The number of carbonyl (C=O) groups excluding carboxylic acids is 1. The lowest BCUT2D eigenvalue weighted by Crippen LogP contribution is -2.23. The van der Waals surface area contributed by atoms with E-state index in [1.807, 2.05) is 13.8 Å². The van der Waals surface area contributed by atoms with E-state index in [0.29, 0.717) is 11.9 Å². The molecular formula is C24H40O2. The average Bonchev–Trinajstić information content (AvgIpc) is 2.51. The summed E-state index contributed by atoms with van der Waals surface area (Å²) in [6.07, 6.45) is 9.30. The number of rotatable bonds is 11. The van der Waals surface area contributed by atoms with Crippen molar-refractivity contribution in [3.8, 4) is 0 Å². The van der Waals surface area contributed by atoms with Crippen LogP contribution in [0.4, 0.5) is 0 Å². The van der Waals surface area contributed by atoms with E-state index in [4.69, 9.17) is 4.74 Å². The molecule has 0 unspecified atom stereocenters. The highest BCUT2D eigenvalue weighted by Crippen LogP contribution is 2.24. The summed E-state index contributed by atoms with van der Waals surface area (Å²) in [5.74, 6) is 0. The summed E-state index contributed by atoms with van der Waals surface area (Å²) in [6.45, 7) is 16.0. The van der Waals surface area contributed by atoms with Crippen molar-refractivity contribution in [3.63, 3.8) is 0 Å². The zero-order valence-electron chi connectivity index (χ0n) is 18.2. The van der Waals surface area contributed by atoms with E-state index in [0.717, 1.165) is 25.7 Å². The molecule has 0 N–H and O–H groups in total. The number of carbonyl (C=O) groups is 1. The zero-order chi connectivity index (χ0) is 19.8. The van der Waals surface area contributed by atoms with Crippen molar-refractivity contribution in [1.29, 1.82) is 0 Å². The second kappa shape index (κ2) is 10.1. The molecule has 0 aliphatic rings. The van der Waals surface area contributed by atoms with Crippen LogP contribution in [0, 0.1) is 19.3 Å². The lowest BCUT2D eigenvalue weighted by Gasteiger charge is -2.22. The Labute approximate surface area is 161 Å². The van der Waals surface area contributed by atoms with Gasteiger partial charge in [-0.25, -0.2) is 0 Å². The Balaban J connectivity index is 2.54. The summed E-state index contributed by atoms with van der Waals surface area (Å²) >= 11 is 0. The van der Waals surface area contributed by atoms with Gasteiger partial charge in [-0.3, -0.25) is 4.79 Å². The smallest absolute Gasteiger partial charge is 0.293 e. The van der Waals surface area contributed by atoms with Crippen LogP contribution in [0.5, 0.6) is 0 Å². The van der Waals surface area contributed by atoms with Crippen LogP contribution in [0.3, 0.4) is 0 Å². The van der Waals surface area contributed by atoms with Crippen LogP contribution in [0.15, 0.2) is 12.1 Å². The van der Waals surface area contributed by atoms with Crippen LogP contribution in [0.2, 0.25) is 0 Å². The van der Waals surface area contributed by atoms with Gasteiger partial charge in [-0.15, -0.1) is 0 Å². The molecule has 148 valence electrons. The van der Waals surface area contributed by atoms with Crippen molar-refractivity contribution in [3.05, 3.63) is 34.4 Å². The lowest BCUT2D eigenvalue weighted by molar-refractivity contribution is -0.140. The van der Waals surface area contributed by atoms with Crippen molar-refractivity contribution in [1.82, 2.24) is 0 Å². The molecule has 1 aromatic rings. The highest BCUT2D eigenvalue weighted by molar-refractivity contribution is 5.38. The number of aryl methyl sites for hydroxylation is 3. The Morgan fingerprint density at radius 1 is 0.885 bits per heavy atom. The molecule has 0 atom stereocenters. The van der Waals surface area contributed by atoms with Gasteiger partial charge in [-0.05, 0) is 100 Å². The number of benzene rings is 1. The van der Waals surface area contributed by atoms with E-state index in [1.165, 1.54) is 47.9 Å². The summed E-state index contributed by atoms with van der Waals surface area (Å²) in [6, 6.07) is 4.80. The molecule has 1 aromatic carbocycles. The van der Waals surface area contributed by atoms with Gasteiger partial charge >= 0.3 is 0 Å². The van der Waals surface area contributed by atoms with Gasteiger partial charge in [0.25, 0.3) is 6.47 Å². The first-order valence-corrected chi connectivity index (χ1v) is 10.2. The van der Waals surface area contributed by atoms with E-state index >= 15 is 0 Å². The minimum atomic E-state index is -0.346. The molecule has 0 heterocycles. The first-order valence-electron chi connectivity index (χ1n) is 10.2. The Morgan fingerprint density at radius 2 is 1.50 bits per heavy atom. The van der Waals surface area contributed by atoms with E-state index in [2.05, 4.69) is 46.8 Å². The lowest BCUT2D eigenvalue weighted by atomic mass is 9.88. The summed E-state index contributed by atoms with van der Waals surface area (Å²) in [5.41, 5.74) is 5.92. The van der Waals surface area contributed by atoms with Gasteiger partial charge in [0.05, 0.1) is 0 Å². The molecule has 0 aliphatic heterocycles. The third kappa shape index (κ3) is 8.87. The number of hydrogen-bond acceptors (Lipinski definition) is 2. The molecule has 0 radical (unpaired) electrons. The zero-order valence-corrected chi connectivity index (χ0v) is 18.2. The first kappa shape index (κ1) is 22.7. The number of ether oxygens (including phenoxy) is 1. The monoisotopic (exact) mass is 360 g/mol. The molecule has 0 aliphatic carbocycles. The fourth-order valence-electron chi connectivity index (χ4n) is 3.46. The normalized spacial score (nSPS) is 12.3. The third-order valence-corrected chi connectivity index (χ3v) is 5.32. The fraction of sp³-hybridized carbons (Fsp3) is 0.708. The van der Waals surface area contributed by atoms with Crippen molar-refractivity contribution >= 4 is 6.47 Å². The molecular weight excluding hydrogens is 320 g/mol. The van der Waals surface area contributed by atoms with Gasteiger partial charge in [-0.2, -0.15) is 0 Å². The Kier molecular flexibility index (Phi) is 8.86. The van der Waals surface area contributed by atoms with Gasteiger partial charge in [0.2, 0.25) is 0 Å². The summed E-state index contributed by atoms with van der Waals surface area (Å²) < 4.78 is 5.14. The van der Waals surface area contributed by atoms with Crippen molar-refractivity contribution in [2.24, 2.45) is 5.41 Å². The molecule has 0 saturated heterocycles. The summed E-state index contributed by atoms with van der Waals surface area (Å²) in [4.78, 5) is 10.5. The second-order valence-electron chi connectivity index (χ2n) is 9.65. The van der Waals surface area contributed by atoms with Crippen molar-refractivity contribution < 1.29 is 9.53 Å². The highest BCUT2D eigenvalue weighted by Gasteiger charge is 2.18. The number of unbranched alkanes of at least 4 members (excludes halogenated alkanes) is 2. The molecule has 26 heavy (non-hydrogen) atoms. The topological polar surface area (TPSA) is 26.3 Å². The van der Waals surface area contributed by atoms with Gasteiger partial charge in [0, 0.05) is 0 Å². The molecule has 2 nitrogen and oxygen atoms in total. The largest absolute Gasteiger partial charge is 0.462 e. The Morgan fingerprint density at radius 3 is 2.12 bits per heavy atom. The van der Waals surface area contributed by atoms with E-state index in [1.54, 1.807) is 0 Å². The first-order chi connectivity index (χ1) is 12.0. The molecule has 2 heteroatoms. The average molecular weight is 361 g/mol. The number of hydrogen-bond donors (Lipinski definition) is 0. The van der Waals surface area contributed by atoms with Crippen LogP contribution in [-0.4, -0.2) is 12.1 Å². The summed E-state index contributed by atoms with van der Waals surface area (Å²) in [7, 11) is 0. The maximum Gasteiger partial charge on any atom is 0.293 e. The third-order valence-electron chi connectivity index (χ3n) is 5.32. The predicted molar refractivity (Wildman–Crippen MR) is 112 cm³/mol. The van der Waals surface area contributed by atoms with E-state index < -0.39 is 0 Å². The predicted octanol–water partition coefficient (Wildman–Crippen LogP) is 6.73. The Bertz CT molecular complexity index is 564. The van der Waals surface area contributed by atoms with Crippen LogP contribution in [0.25, 0.3) is 0 Å².